The molecule has 4 aromatic rings. The summed E-state index contributed by atoms with van der Waals surface area (Å²) < 4.78 is 10.9. The first-order valence-corrected chi connectivity index (χ1v) is 12.9. The number of methoxy groups -OCH3 is 2. The Hall–Kier alpha value is -3.90. The van der Waals surface area contributed by atoms with E-state index in [1.807, 2.05) is 30.5 Å². The maximum absolute atomic E-state index is 5.54. The van der Waals surface area contributed by atoms with E-state index in [2.05, 4.69) is 63.4 Å². The van der Waals surface area contributed by atoms with Crippen LogP contribution in [-0.4, -0.2) is 54.0 Å². The molecule has 0 aliphatic carbocycles. The van der Waals surface area contributed by atoms with Crippen LogP contribution in [0.4, 0.5) is 0 Å². The van der Waals surface area contributed by atoms with Crippen LogP contribution in [-0.2, 0) is 13.1 Å². The van der Waals surface area contributed by atoms with Crippen LogP contribution >= 0.6 is 0 Å². The van der Waals surface area contributed by atoms with E-state index in [1.54, 1.807) is 14.2 Å². The first-order chi connectivity index (χ1) is 18.2. The van der Waals surface area contributed by atoms with E-state index < -0.39 is 0 Å². The van der Waals surface area contributed by atoms with Crippen molar-refractivity contribution in [3.63, 3.8) is 0 Å². The van der Waals surface area contributed by atoms with Gasteiger partial charge in [-0.25, -0.2) is 0 Å². The van der Waals surface area contributed by atoms with Gasteiger partial charge in [-0.05, 0) is 84.6 Å². The number of ether oxygens (including phenoxy) is 2. The van der Waals surface area contributed by atoms with Crippen LogP contribution in [0.2, 0.25) is 0 Å². The fourth-order valence-electron chi connectivity index (χ4n) is 5.48. The van der Waals surface area contributed by atoms with E-state index >= 15 is 0 Å². The van der Waals surface area contributed by atoms with Gasteiger partial charge in [-0.1, -0.05) is 12.1 Å². The van der Waals surface area contributed by atoms with E-state index in [0.29, 0.717) is 6.04 Å². The second-order valence-electron chi connectivity index (χ2n) is 9.84. The van der Waals surface area contributed by atoms with Gasteiger partial charge in [-0.3, -0.25) is 14.9 Å². The number of hydrazone groups is 1. The predicted octanol–water partition coefficient (Wildman–Crippen LogP) is 5.48. The van der Waals surface area contributed by atoms with Crippen LogP contribution in [0.1, 0.15) is 35.1 Å². The normalized spacial score (nSPS) is 16.4. The Morgan fingerprint density at radius 1 is 0.865 bits per heavy atom. The Balaban J connectivity index is 1.19. The zero-order valence-electron chi connectivity index (χ0n) is 21.4. The maximum atomic E-state index is 5.54. The number of pyridine rings is 1. The van der Waals surface area contributed by atoms with Gasteiger partial charge < -0.3 is 9.47 Å². The number of rotatable bonds is 6. The molecule has 0 N–H and O–H groups in total. The molecule has 2 aliphatic heterocycles. The molecule has 1 saturated heterocycles. The SMILES string of the molecule is COc1ccc(C2=NN(C3CCN(Cc4ccc5ncccc5c4)CC3)Cc3cc(OC)ccc32)cc1. The molecule has 0 amide bonds. The monoisotopic (exact) mass is 492 g/mol. The summed E-state index contributed by atoms with van der Waals surface area (Å²) in [6.45, 7) is 3.89. The molecule has 6 rings (SSSR count). The highest BCUT2D eigenvalue weighted by molar-refractivity contribution is 6.14. The van der Waals surface area contributed by atoms with Crippen molar-refractivity contribution in [2.75, 3.05) is 27.3 Å². The van der Waals surface area contributed by atoms with Crippen LogP contribution in [0, 0.1) is 0 Å². The lowest BCUT2D eigenvalue weighted by atomic mass is 9.94. The van der Waals surface area contributed by atoms with Crippen LogP contribution in [0.25, 0.3) is 10.9 Å². The molecular formula is C31H32N4O2. The Bertz CT molecular complexity index is 1430. The molecule has 37 heavy (non-hydrogen) atoms. The molecule has 0 radical (unpaired) electrons. The molecule has 0 unspecified atom stereocenters. The Morgan fingerprint density at radius 3 is 2.43 bits per heavy atom. The van der Waals surface area contributed by atoms with Gasteiger partial charge >= 0.3 is 0 Å². The van der Waals surface area contributed by atoms with E-state index in [9.17, 15) is 0 Å². The summed E-state index contributed by atoms with van der Waals surface area (Å²) in [4.78, 5) is 7.01. The topological polar surface area (TPSA) is 50.2 Å². The van der Waals surface area contributed by atoms with Crippen molar-refractivity contribution >= 4 is 16.6 Å². The molecule has 0 atom stereocenters. The molecule has 1 fully saturated rings. The summed E-state index contributed by atoms with van der Waals surface area (Å²) in [6, 6.07) is 25.7. The van der Waals surface area contributed by atoms with Gasteiger partial charge in [0, 0.05) is 48.4 Å². The number of hydrogen-bond acceptors (Lipinski definition) is 6. The van der Waals surface area contributed by atoms with Gasteiger partial charge in [0.2, 0.25) is 0 Å². The summed E-state index contributed by atoms with van der Waals surface area (Å²) in [5.74, 6) is 1.73. The largest absolute Gasteiger partial charge is 0.497 e. The van der Waals surface area contributed by atoms with Crippen molar-refractivity contribution in [2.45, 2.75) is 32.0 Å². The Labute approximate surface area is 218 Å². The lowest BCUT2D eigenvalue weighted by Crippen LogP contribution is -2.44. The molecule has 0 spiro atoms. The summed E-state index contributed by atoms with van der Waals surface area (Å²) in [5, 5.41) is 8.73. The Kier molecular flexibility index (Phi) is 6.49. The molecule has 0 bridgehead atoms. The van der Waals surface area contributed by atoms with Crippen molar-refractivity contribution in [1.82, 2.24) is 14.9 Å². The number of nitrogens with zero attached hydrogens (tertiary/aromatic N) is 4. The van der Waals surface area contributed by atoms with E-state index in [1.165, 1.54) is 22.1 Å². The average molecular weight is 493 g/mol. The first-order valence-electron chi connectivity index (χ1n) is 12.9. The summed E-state index contributed by atoms with van der Waals surface area (Å²) in [6.07, 6.45) is 4.03. The zero-order valence-corrected chi connectivity index (χ0v) is 21.4. The van der Waals surface area contributed by atoms with Crippen molar-refractivity contribution in [2.24, 2.45) is 5.10 Å². The fourth-order valence-corrected chi connectivity index (χ4v) is 5.48. The van der Waals surface area contributed by atoms with Gasteiger partial charge in [0.25, 0.3) is 0 Å². The highest BCUT2D eigenvalue weighted by Gasteiger charge is 2.29. The number of aromatic nitrogens is 1. The van der Waals surface area contributed by atoms with Crippen LogP contribution in [0.3, 0.4) is 0 Å². The molecule has 3 aromatic carbocycles. The fraction of sp³-hybridized carbons (Fsp3) is 0.290. The maximum Gasteiger partial charge on any atom is 0.119 e. The van der Waals surface area contributed by atoms with Gasteiger partial charge in [0.05, 0.1) is 32.0 Å². The van der Waals surface area contributed by atoms with Gasteiger partial charge in [-0.2, -0.15) is 5.10 Å². The second-order valence-corrected chi connectivity index (χ2v) is 9.84. The molecular weight excluding hydrogens is 460 g/mol. The lowest BCUT2D eigenvalue weighted by Gasteiger charge is -2.39. The third-order valence-electron chi connectivity index (χ3n) is 7.54. The van der Waals surface area contributed by atoms with Crippen LogP contribution in [0.15, 0.2) is 84.1 Å². The molecule has 1 aromatic heterocycles. The first kappa shape index (κ1) is 23.5. The predicted molar refractivity (Wildman–Crippen MR) is 147 cm³/mol. The highest BCUT2D eigenvalue weighted by Crippen LogP contribution is 2.31. The Morgan fingerprint density at radius 2 is 1.65 bits per heavy atom. The molecule has 0 saturated carbocycles. The standard InChI is InChI=1S/C31H32N4O2/c1-36-27-8-6-23(7-9-27)31-29-11-10-28(37-2)19-25(29)21-35(33-31)26-13-16-34(17-14-26)20-22-5-12-30-24(18-22)4-3-15-32-30/h3-12,15,18-19,26H,13-14,16-17,20-21H2,1-2H3. The van der Waals surface area contributed by atoms with E-state index in [-0.39, 0.29) is 0 Å². The third-order valence-corrected chi connectivity index (χ3v) is 7.54. The van der Waals surface area contributed by atoms with Crippen LogP contribution in [0.5, 0.6) is 11.5 Å². The van der Waals surface area contributed by atoms with Gasteiger partial charge in [0.15, 0.2) is 0 Å². The van der Waals surface area contributed by atoms with Gasteiger partial charge in [-0.15, -0.1) is 0 Å². The number of benzene rings is 3. The number of piperidine rings is 1. The summed E-state index contributed by atoms with van der Waals surface area (Å²) in [7, 11) is 3.42. The average Bonchev–Trinajstić information content (AvgIpc) is 2.96. The lowest BCUT2D eigenvalue weighted by molar-refractivity contribution is 0.100. The van der Waals surface area contributed by atoms with Crippen LogP contribution < -0.4 is 9.47 Å². The van der Waals surface area contributed by atoms with E-state index in [0.717, 1.165) is 67.3 Å². The molecule has 6 heteroatoms. The number of hydrogen-bond donors (Lipinski definition) is 0. The third kappa shape index (κ3) is 4.89. The van der Waals surface area contributed by atoms with Crippen molar-refractivity contribution in [3.8, 4) is 11.5 Å². The number of fused-ring (bicyclic) bond motifs is 2. The second kappa shape index (κ2) is 10.2. The molecule has 6 nitrogen and oxygen atoms in total. The van der Waals surface area contributed by atoms with E-state index in [4.69, 9.17) is 14.6 Å². The minimum absolute atomic E-state index is 0.407. The van der Waals surface area contributed by atoms with Gasteiger partial charge in [0.1, 0.15) is 11.5 Å². The highest BCUT2D eigenvalue weighted by atomic mass is 16.5. The zero-order chi connectivity index (χ0) is 25.2. The molecule has 3 heterocycles. The quantitative estimate of drug-likeness (QED) is 0.357. The molecule has 188 valence electrons. The number of likely N-dealkylation sites (tertiary alicyclic amines) is 1. The van der Waals surface area contributed by atoms with Crippen molar-refractivity contribution < 1.29 is 9.47 Å². The molecule has 2 aliphatic rings. The smallest absolute Gasteiger partial charge is 0.119 e. The minimum Gasteiger partial charge on any atom is -0.497 e. The minimum atomic E-state index is 0.407. The summed E-state index contributed by atoms with van der Waals surface area (Å²) >= 11 is 0. The van der Waals surface area contributed by atoms with Crippen molar-refractivity contribution in [3.05, 3.63) is 101 Å². The summed E-state index contributed by atoms with van der Waals surface area (Å²) in [5.41, 5.74) is 6.94. The van der Waals surface area contributed by atoms with Crippen molar-refractivity contribution in [1.29, 1.82) is 0 Å².